The average molecular weight is 286 g/mol. The number of halogens is 1. The molecule has 2 nitrogen and oxygen atoms in total. The number of benzene rings is 2. The van der Waals surface area contributed by atoms with Gasteiger partial charge in [-0.2, -0.15) is 0 Å². The summed E-state index contributed by atoms with van der Waals surface area (Å²) in [5, 5.41) is 3.69. The lowest BCUT2D eigenvalue weighted by Crippen LogP contribution is -2.05. The van der Waals surface area contributed by atoms with Crippen molar-refractivity contribution in [2.75, 3.05) is 13.7 Å². The normalized spacial score (nSPS) is 9.70. The molecule has 0 radical (unpaired) electrons. The van der Waals surface area contributed by atoms with Gasteiger partial charge in [-0.05, 0) is 36.9 Å². The fourth-order valence-electron chi connectivity index (χ4n) is 1.75. The van der Waals surface area contributed by atoms with E-state index in [0.29, 0.717) is 17.4 Å². The summed E-state index contributed by atoms with van der Waals surface area (Å²) < 4.78 is 5.57. The molecule has 2 aromatic rings. The van der Waals surface area contributed by atoms with Crippen LogP contribution in [0.4, 0.5) is 0 Å². The van der Waals surface area contributed by atoms with Crippen LogP contribution in [0.1, 0.15) is 11.1 Å². The first-order chi connectivity index (χ1) is 9.79. The van der Waals surface area contributed by atoms with Gasteiger partial charge in [0.05, 0.1) is 5.02 Å². The predicted molar refractivity (Wildman–Crippen MR) is 83.0 cm³/mol. The first-order valence-corrected chi connectivity index (χ1v) is 6.77. The third kappa shape index (κ3) is 4.31. The first kappa shape index (κ1) is 14.5. The predicted octanol–water partition coefficient (Wildman–Crippen LogP) is 3.49. The molecule has 0 unspecified atom stereocenters. The Bertz CT molecular complexity index is 614. The lowest BCUT2D eigenvalue weighted by molar-refractivity contribution is 0.370. The highest BCUT2D eigenvalue weighted by molar-refractivity contribution is 6.32. The lowest BCUT2D eigenvalue weighted by Gasteiger charge is -2.06. The molecule has 0 atom stereocenters. The van der Waals surface area contributed by atoms with Gasteiger partial charge < -0.3 is 10.1 Å². The largest absolute Gasteiger partial charge is 0.479 e. The van der Waals surface area contributed by atoms with Gasteiger partial charge in [-0.15, -0.1) is 0 Å². The smallest absolute Gasteiger partial charge is 0.149 e. The maximum absolute atomic E-state index is 6.16. The van der Waals surface area contributed by atoms with Gasteiger partial charge in [-0.1, -0.05) is 47.7 Å². The van der Waals surface area contributed by atoms with Crippen LogP contribution >= 0.6 is 11.6 Å². The van der Waals surface area contributed by atoms with Gasteiger partial charge >= 0.3 is 0 Å². The first-order valence-electron chi connectivity index (χ1n) is 6.39. The maximum Gasteiger partial charge on any atom is 0.149 e. The number of hydrogen-bond donors (Lipinski definition) is 1. The fourth-order valence-corrected chi connectivity index (χ4v) is 2.01. The summed E-state index contributed by atoms with van der Waals surface area (Å²) >= 11 is 6.16. The standard InChI is InChI=1S/C17H16ClNO/c1-19-13-15-9-10-17(16(18)12-15)20-11-5-8-14-6-3-2-4-7-14/h2-4,6-7,9-10,12,19H,11,13H2,1H3. The summed E-state index contributed by atoms with van der Waals surface area (Å²) in [6.45, 7) is 1.10. The number of rotatable bonds is 4. The highest BCUT2D eigenvalue weighted by Crippen LogP contribution is 2.25. The fraction of sp³-hybridized carbons (Fsp3) is 0.176. The molecule has 3 heteroatoms. The van der Waals surface area contributed by atoms with Crippen LogP contribution in [0.15, 0.2) is 48.5 Å². The second-order valence-corrected chi connectivity index (χ2v) is 4.66. The zero-order chi connectivity index (χ0) is 14.2. The van der Waals surface area contributed by atoms with E-state index in [9.17, 15) is 0 Å². The van der Waals surface area contributed by atoms with Crippen LogP contribution in [-0.2, 0) is 6.54 Å². The Hall–Kier alpha value is -1.95. The molecule has 102 valence electrons. The molecule has 0 saturated heterocycles. The van der Waals surface area contributed by atoms with Crippen LogP contribution in [0, 0.1) is 11.8 Å². The molecule has 0 spiro atoms. The molecule has 0 amide bonds. The average Bonchev–Trinajstić information content (AvgIpc) is 2.47. The number of ether oxygens (including phenoxy) is 1. The summed E-state index contributed by atoms with van der Waals surface area (Å²) in [5.41, 5.74) is 2.10. The van der Waals surface area contributed by atoms with Crippen molar-refractivity contribution in [3.8, 4) is 17.6 Å². The van der Waals surface area contributed by atoms with E-state index in [1.165, 1.54) is 0 Å². The van der Waals surface area contributed by atoms with Crippen LogP contribution in [0.5, 0.6) is 5.75 Å². The van der Waals surface area contributed by atoms with Crippen molar-refractivity contribution in [1.82, 2.24) is 5.32 Å². The Labute approximate surface area is 124 Å². The van der Waals surface area contributed by atoms with E-state index in [4.69, 9.17) is 16.3 Å². The zero-order valence-corrected chi connectivity index (χ0v) is 12.1. The molecule has 2 aromatic carbocycles. The van der Waals surface area contributed by atoms with Crippen LogP contribution in [0.3, 0.4) is 0 Å². The van der Waals surface area contributed by atoms with Gasteiger partial charge in [-0.3, -0.25) is 0 Å². The minimum atomic E-state index is 0.319. The molecule has 0 aliphatic carbocycles. The Morgan fingerprint density at radius 2 is 1.95 bits per heavy atom. The molecule has 0 fully saturated rings. The monoisotopic (exact) mass is 285 g/mol. The van der Waals surface area contributed by atoms with Gasteiger partial charge in [-0.25, -0.2) is 0 Å². The summed E-state index contributed by atoms with van der Waals surface area (Å²) in [6.07, 6.45) is 0. The number of nitrogens with one attached hydrogen (secondary N) is 1. The van der Waals surface area contributed by atoms with Crippen LogP contribution in [-0.4, -0.2) is 13.7 Å². The molecule has 1 N–H and O–H groups in total. The second-order valence-electron chi connectivity index (χ2n) is 4.25. The Balaban J connectivity index is 1.93. The molecular formula is C17H16ClNO. The molecule has 20 heavy (non-hydrogen) atoms. The van der Waals surface area contributed by atoms with E-state index in [1.807, 2.05) is 55.6 Å². The molecule has 0 aromatic heterocycles. The summed E-state index contributed by atoms with van der Waals surface area (Å²) in [4.78, 5) is 0. The van der Waals surface area contributed by atoms with E-state index in [1.54, 1.807) is 0 Å². The Morgan fingerprint density at radius 3 is 2.65 bits per heavy atom. The van der Waals surface area contributed by atoms with E-state index >= 15 is 0 Å². The summed E-state index contributed by atoms with van der Waals surface area (Å²) in [6, 6.07) is 15.6. The molecule has 0 aliphatic rings. The Kier molecular flexibility index (Phi) is 5.49. The highest BCUT2D eigenvalue weighted by atomic mass is 35.5. The summed E-state index contributed by atoms with van der Waals surface area (Å²) in [5.74, 6) is 6.67. The molecule has 0 aliphatic heterocycles. The van der Waals surface area contributed by atoms with Crippen molar-refractivity contribution < 1.29 is 4.74 Å². The van der Waals surface area contributed by atoms with Crippen molar-refractivity contribution >= 4 is 11.6 Å². The van der Waals surface area contributed by atoms with Crippen molar-refractivity contribution in [3.05, 3.63) is 64.7 Å². The third-order valence-corrected chi connectivity index (χ3v) is 2.98. The van der Waals surface area contributed by atoms with E-state index in [-0.39, 0.29) is 0 Å². The van der Waals surface area contributed by atoms with Gasteiger partial charge in [0.1, 0.15) is 12.4 Å². The number of hydrogen-bond acceptors (Lipinski definition) is 2. The van der Waals surface area contributed by atoms with Crippen LogP contribution in [0.2, 0.25) is 5.02 Å². The Morgan fingerprint density at radius 1 is 1.15 bits per heavy atom. The van der Waals surface area contributed by atoms with Gasteiger partial charge in [0, 0.05) is 12.1 Å². The molecule has 2 rings (SSSR count). The van der Waals surface area contributed by atoms with Crippen molar-refractivity contribution in [1.29, 1.82) is 0 Å². The summed E-state index contributed by atoms with van der Waals surface area (Å²) in [7, 11) is 1.90. The van der Waals surface area contributed by atoms with Crippen molar-refractivity contribution in [2.24, 2.45) is 0 Å². The van der Waals surface area contributed by atoms with Crippen LogP contribution in [0.25, 0.3) is 0 Å². The third-order valence-electron chi connectivity index (χ3n) is 2.68. The van der Waals surface area contributed by atoms with E-state index < -0.39 is 0 Å². The lowest BCUT2D eigenvalue weighted by atomic mass is 10.2. The quantitative estimate of drug-likeness (QED) is 0.868. The van der Waals surface area contributed by atoms with E-state index in [2.05, 4.69) is 17.2 Å². The van der Waals surface area contributed by atoms with Crippen molar-refractivity contribution in [2.45, 2.75) is 6.54 Å². The van der Waals surface area contributed by atoms with Gasteiger partial charge in [0.2, 0.25) is 0 Å². The van der Waals surface area contributed by atoms with Gasteiger partial charge in [0.25, 0.3) is 0 Å². The van der Waals surface area contributed by atoms with E-state index in [0.717, 1.165) is 17.7 Å². The topological polar surface area (TPSA) is 21.3 Å². The second kappa shape index (κ2) is 7.59. The molecule has 0 bridgehead atoms. The van der Waals surface area contributed by atoms with Crippen LogP contribution < -0.4 is 10.1 Å². The van der Waals surface area contributed by atoms with Crippen molar-refractivity contribution in [3.63, 3.8) is 0 Å². The molecular weight excluding hydrogens is 270 g/mol. The molecule has 0 saturated carbocycles. The highest BCUT2D eigenvalue weighted by Gasteiger charge is 2.01. The zero-order valence-electron chi connectivity index (χ0n) is 11.3. The van der Waals surface area contributed by atoms with Gasteiger partial charge in [0.15, 0.2) is 0 Å². The maximum atomic E-state index is 6.16. The minimum absolute atomic E-state index is 0.319. The minimum Gasteiger partial charge on any atom is -0.479 e. The SMILES string of the molecule is CNCc1ccc(OCC#Cc2ccccc2)c(Cl)c1. The molecule has 0 heterocycles.